The molecule has 180 valence electrons. The van der Waals surface area contributed by atoms with Gasteiger partial charge in [0.25, 0.3) is 0 Å². The largest absolute Gasteiger partial charge is 0.509 e. The highest BCUT2D eigenvalue weighted by Crippen LogP contribution is 2.24. The average Bonchev–Trinajstić information content (AvgIpc) is 2.73. The van der Waals surface area contributed by atoms with Crippen LogP contribution in [-0.2, 0) is 36.6 Å². The second-order valence-electron chi connectivity index (χ2n) is 9.33. The summed E-state index contributed by atoms with van der Waals surface area (Å²) in [5, 5.41) is 0. The number of aromatic nitrogens is 1. The molecule has 1 N–H and O–H groups in total. The Labute approximate surface area is 197 Å². The van der Waals surface area contributed by atoms with Crippen molar-refractivity contribution in [2.75, 3.05) is 0 Å². The van der Waals surface area contributed by atoms with E-state index < -0.39 is 45.6 Å². The van der Waals surface area contributed by atoms with Gasteiger partial charge in [0.2, 0.25) is 6.10 Å². The highest BCUT2D eigenvalue weighted by atomic mass is 32.2. The van der Waals surface area contributed by atoms with E-state index in [0.29, 0.717) is 5.69 Å². The molecule has 0 spiro atoms. The molecule has 0 bridgehead atoms. The molecule has 0 radical (unpaired) electrons. The third-order valence-corrected chi connectivity index (χ3v) is 5.75. The van der Waals surface area contributed by atoms with Crippen LogP contribution in [-0.4, -0.2) is 37.8 Å². The molecule has 0 unspecified atom stereocenters. The van der Waals surface area contributed by atoms with Crippen molar-refractivity contribution in [2.45, 2.75) is 70.6 Å². The summed E-state index contributed by atoms with van der Waals surface area (Å²) < 4.78 is 31.3. The second-order valence-corrected chi connectivity index (χ2v) is 11.3. The van der Waals surface area contributed by atoms with Gasteiger partial charge in [-0.1, -0.05) is 36.4 Å². The van der Waals surface area contributed by atoms with Crippen LogP contribution in [0.25, 0.3) is 0 Å². The molecule has 0 aliphatic heterocycles. The monoisotopic (exact) mass is 476 g/mol. The van der Waals surface area contributed by atoms with E-state index >= 15 is 0 Å². The number of rotatable bonds is 8. The van der Waals surface area contributed by atoms with Crippen LogP contribution in [0, 0.1) is 0 Å². The number of hydrogen-bond donors (Lipinski definition) is 1. The minimum atomic E-state index is -1.61. The number of carbonyl (C=O) groups is 2. The number of pyridine rings is 1. The van der Waals surface area contributed by atoms with Crippen molar-refractivity contribution >= 4 is 23.1 Å². The summed E-state index contributed by atoms with van der Waals surface area (Å²) in [4.78, 5) is 29.9. The molecule has 0 saturated heterocycles. The minimum Gasteiger partial charge on any atom is -0.458 e. The molecule has 2 aromatic rings. The summed E-state index contributed by atoms with van der Waals surface area (Å²) in [6.07, 6.45) is -1.01. The smallest absolute Gasteiger partial charge is 0.458 e. The summed E-state index contributed by atoms with van der Waals surface area (Å²) in [6, 6.07) is 13.1. The van der Waals surface area contributed by atoms with Crippen LogP contribution >= 0.6 is 0 Å². The van der Waals surface area contributed by atoms with E-state index in [0.717, 1.165) is 5.56 Å². The summed E-state index contributed by atoms with van der Waals surface area (Å²) in [5.74, 6) is -0.821. The fraction of sp³-hybridized carbons (Fsp3) is 0.458. The van der Waals surface area contributed by atoms with Crippen LogP contribution in [0.4, 0.5) is 4.79 Å². The van der Waals surface area contributed by atoms with Gasteiger partial charge in [0.05, 0.1) is 21.4 Å². The van der Waals surface area contributed by atoms with Crippen molar-refractivity contribution in [2.24, 2.45) is 0 Å². The molecule has 1 heterocycles. The van der Waals surface area contributed by atoms with Crippen molar-refractivity contribution in [3.63, 3.8) is 0 Å². The molecule has 0 aliphatic rings. The Balaban J connectivity index is 2.37. The molecule has 3 atom stereocenters. The Morgan fingerprint density at radius 2 is 1.64 bits per heavy atom. The zero-order valence-corrected chi connectivity index (χ0v) is 20.7. The first kappa shape index (κ1) is 26.5. The second kappa shape index (κ2) is 11.4. The van der Waals surface area contributed by atoms with Gasteiger partial charge in [0, 0.05) is 6.20 Å². The SMILES string of the molecule is CC(C)(C)OC(=O)O[C@@H](C(=O)OCc1ccccc1)[C@@H](N[S@](=O)C(C)(C)C)c1ccccn1. The third kappa shape index (κ3) is 8.94. The maximum absolute atomic E-state index is 13.1. The highest BCUT2D eigenvalue weighted by molar-refractivity contribution is 7.84. The molecule has 2 rings (SSSR count). The Hall–Kier alpha value is -2.78. The average molecular weight is 477 g/mol. The lowest BCUT2D eigenvalue weighted by Crippen LogP contribution is -2.46. The van der Waals surface area contributed by atoms with Crippen molar-refractivity contribution in [3.05, 3.63) is 66.0 Å². The van der Waals surface area contributed by atoms with Crippen LogP contribution < -0.4 is 4.72 Å². The van der Waals surface area contributed by atoms with Crippen LogP contribution in [0.15, 0.2) is 54.7 Å². The number of esters is 1. The summed E-state index contributed by atoms with van der Waals surface area (Å²) in [7, 11) is -1.61. The lowest BCUT2D eigenvalue weighted by Gasteiger charge is -2.29. The molecular formula is C24H32N2O6S. The molecular weight excluding hydrogens is 444 g/mol. The standard InChI is InChI=1S/C24H32N2O6S/c1-23(2,3)32-22(28)31-20(21(27)30-16-17-12-8-7-9-13-17)19(18-14-10-11-15-25-18)26-33(29)24(4,5)6/h7-15,19-20,26H,16H2,1-6H3/t19-,20+,33+/m0/s1. The third-order valence-electron chi connectivity index (χ3n) is 4.17. The zero-order valence-electron chi connectivity index (χ0n) is 19.9. The van der Waals surface area contributed by atoms with Crippen LogP contribution in [0.2, 0.25) is 0 Å². The topological polar surface area (TPSA) is 104 Å². The number of hydrogen-bond acceptors (Lipinski definition) is 7. The molecule has 0 saturated carbocycles. The highest BCUT2D eigenvalue weighted by Gasteiger charge is 2.39. The van der Waals surface area contributed by atoms with Crippen molar-refractivity contribution in [3.8, 4) is 0 Å². The molecule has 0 amide bonds. The van der Waals surface area contributed by atoms with Crippen LogP contribution in [0.5, 0.6) is 0 Å². The lowest BCUT2D eigenvalue weighted by molar-refractivity contribution is -0.159. The number of benzene rings is 1. The first-order valence-corrected chi connectivity index (χ1v) is 11.7. The molecule has 1 aromatic carbocycles. The van der Waals surface area contributed by atoms with Crippen molar-refractivity contribution in [1.82, 2.24) is 9.71 Å². The van der Waals surface area contributed by atoms with E-state index in [9.17, 15) is 13.8 Å². The number of carbonyl (C=O) groups excluding carboxylic acids is 2. The fourth-order valence-electron chi connectivity index (χ4n) is 2.57. The van der Waals surface area contributed by atoms with Gasteiger partial charge in [-0.15, -0.1) is 0 Å². The Kier molecular flexibility index (Phi) is 9.13. The molecule has 0 fully saturated rings. The minimum absolute atomic E-state index is 0.0227. The summed E-state index contributed by atoms with van der Waals surface area (Å²) in [6.45, 7) is 10.4. The fourth-order valence-corrected chi connectivity index (χ4v) is 3.40. The number of nitrogens with one attached hydrogen (secondary N) is 1. The summed E-state index contributed by atoms with van der Waals surface area (Å²) in [5.41, 5.74) is 0.292. The van der Waals surface area contributed by atoms with E-state index in [1.807, 2.05) is 18.2 Å². The maximum Gasteiger partial charge on any atom is 0.509 e. The van der Waals surface area contributed by atoms with Gasteiger partial charge in [0.15, 0.2) is 0 Å². The number of ether oxygens (including phenoxy) is 3. The first-order valence-electron chi connectivity index (χ1n) is 10.6. The van der Waals surface area contributed by atoms with Gasteiger partial charge >= 0.3 is 12.1 Å². The molecule has 0 aliphatic carbocycles. The van der Waals surface area contributed by atoms with E-state index in [2.05, 4.69) is 9.71 Å². The van der Waals surface area contributed by atoms with E-state index in [1.165, 1.54) is 6.20 Å². The van der Waals surface area contributed by atoms with E-state index in [1.54, 1.807) is 71.9 Å². The van der Waals surface area contributed by atoms with Crippen LogP contribution in [0.3, 0.4) is 0 Å². The zero-order chi connectivity index (χ0) is 24.6. The van der Waals surface area contributed by atoms with E-state index in [4.69, 9.17) is 14.2 Å². The first-order chi connectivity index (χ1) is 15.4. The summed E-state index contributed by atoms with van der Waals surface area (Å²) >= 11 is 0. The predicted octanol–water partition coefficient (Wildman–Crippen LogP) is 4.24. The van der Waals surface area contributed by atoms with Crippen LogP contribution in [0.1, 0.15) is 58.8 Å². The van der Waals surface area contributed by atoms with E-state index in [-0.39, 0.29) is 6.61 Å². The maximum atomic E-state index is 13.1. The van der Waals surface area contributed by atoms with Gasteiger partial charge in [-0.25, -0.2) is 18.5 Å². The molecule has 8 nitrogen and oxygen atoms in total. The van der Waals surface area contributed by atoms with Gasteiger partial charge in [0.1, 0.15) is 18.2 Å². The Bertz CT molecular complexity index is 939. The lowest BCUT2D eigenvalue weighted by atomic mass is 10.1. The van der Waals surface area contributed by atoms with Gasteiger partial charge in [-0.2, -0.15) is 0 Å². The Morgan fingerprint density at radius 1 is 1.00 bits per heavy atom. The quantitative estimate of drug-likeness (QED) is 0.568. The van der Waals surface area contributed by atoms with Crippen molar-refractivity contribution < 1.29 is 28.0 Å². The normalized spacial score (nSPS) is 14.6. The van der Waals surface area contributed by atoms with Gasteiger partial charge in [-0.05, 0) is 59.2 Å². The van der Waals surface area contributed by atoms with Crippen molar-refractivity contribution in [1.29, 1.82) is 0 Å². The molecule has 33 heavy (non-hydrogen) atoms. The predicted molar refractivity (Wildman–Crippen MR) is 125 cm³/mol. The molecule has 9 heteroatoms. The number of nitrogens with zero attached hydrogens (tertiary/aromatic N) is 1. The van der Waals surface area contributed by atoms with Gasteiger partial charge in [-0.3, -0.25) is 4.98 Å². The van der Waals surface area contributed by atoms with Gasteiger partial charge < -0.3 is 14.2 Å². The molecule has 1 aromatic heterocycles. The Morgan fingerprint density at radius 3 is 2.18 bits per heavy atom.